The van der Waals surface area contributed by atoms with Gasteiger partial charge in [-0.2, -0.15) is 0 Å². The fraction of sp³-hybridized carbons (Fsp3) is 0.500. The lowest BCUT2D eigenvalue weighted by molar-refractivity contribution is -0.141. The Morgan fingerprint density at radius 3 is 2.46 bits per heavy atom. The van der Waals surface area contributed by atoms with Gasteiger partial charge in [0.15, 0.2) is 0 Å². The number of carbonyl (C=O) groups is 2. The van der Waals surface area contributed by atoms with Gasteiger partial charge in [-0.05, 0) is 24.3 Å². The maximum Gasteiger partial charge on any atom is 0.326 e. The summed E-state index contributed by atoms with van der Waals surface area (Å²) < 4.78 is 36.6. The molecule has 2 unspecified atom stereocenters. The fourth-order valence-corrected chi connectivity index (χ4v) is 3.74. The zero-order valence-electron chi connectivity index (χ0n) is 14.5. The molecular weight excluding hydrogens is 364 g/mol. The van der Waals surface area contributed by atoms with Crippen molar-refractivity contribution in [2.24, 2.45) is 0 Å². The number of amides is 1. The standard InChI is InChI=1S/C16H22N2O7S/c1-24-8-7-17-26(22,23)13-5-3-11(4-6-13)15(19)18-10-12(25-2)9-14(18)16(20)21/h3-6,12,14,17H,7-10H2,1-2H3,(H,20,21). The molecule has 1 aliphatic heterocycles. The smallest absolute Gasteiger partial charge is 0.326 e. The zero-order chi connectivity index (χ0) is 19.3. The van der Waals surface area contributed by atoms with Crippen molar-refractivity contribution in [3.63, 3.8) is 0 Å². The minimum Gasteiger partial charge on any atom is -0.480 e. The van der Waals surface area contributed by atoms with Crippen LogP contribution in [0, 0.1) is 0 Å². The predicted molar refractivity (Wildman–Crippen MR) is 91.4 cm³/mol. The highest BCUT2D eigenvalue weighted by molar-refractivity contribution is 7.89. The molecule has 1 aromatic rings. The Morgan fingerprint density at radius 1 is 1.27 bits per heavy atom. The van der Waals surface area contributed by atoms with Gasteiger partial charge in [0.05, 0.1) is 17.6 Å². The number of rotatable bonds is 8. The number of benzene rings is 1. The first-order valence-electron chi connectivity index (χ1n) is 7.95. The van der Waals surface area contributed by atoms with Gasteiger partial charge in [-0.15, -0.1) is 0 Å². The van der Waals surface area contributed by atoms with Crippen LogP contribution in [0.4, 0.5) is 0 Å². The highest BCUT2D eigenvalue weighted by Crippen LogP contribution is 2.23. The van der Waals surface area contributed by atoms with Gasteiger partial charge in [0.2, 0.25) is 10.0 Å². The van der Waals surface area contributed by atoms with Crippen molar-refractivity contribution in [3.8, 4) is 0 Å². The molecule has 144 valence electrons. The molecule has 2 atom stereocenters. The summed E-state index contributed by atoms with van der Waals surface area (Å²) >= 11 is 0. The molecule has 0 radical (unpaired) electrons. The summed E-state index contributed by atoms with van der Waals surface area (Å²) in [5.41, 5.74) is 0.212. The second kappa shape index (κ2) is 8.58. The van der Waals surface area contributed by atoms with Crippen molar-refractivity contribution in [2.75, 3.05) is 33.9 Å². The van der Waals surface area contributed by atoms with E-state index in [2.05, 4.69) is 4.72 Å². The normalized spacial score (nSPS) is 20.3. The number of nitrogens with zero attached hydrogens (tertiary/aromatic N) is 1. The van der Waals surface area contributed by atoms with Crippen molar-refractivity contribution in [2.45, 2.75) is 23.5 Å². The van der Waals surface area contributed by atoms with Crippen molar-refractivity contribution < 1.29 is 32.6 Å². The largest absolute Gasteiger partial charge is 0.480 e. The Balaban J connectivity index is 2.14. The van der Waals surface area contributed by atoms with E-state index in [9.17, 15) is 23.1 Å². The molecule has 0 aromatic heterocycles. The highest BCUT2D eigenvalue weighted by atomic mass is 32.2. The number of aliphatic carboxylic acids is 1. The quantitative estimate of drug-likeness (QED) is 0.600. The number of carboxylic acids is 1. The third-order valence-electron chi connectivity index (χ3n) is 4.15. The zero-order valence-corrected chi connectivity index (χ0v) is 15.4. The minimum atomic E-state index is -3.70. The molecule has 0 spiro atoms. The van der Waals surface area contributed by atoms with Crippen LogP contribution in [0.5, 0.6) is 0 Å². The molecule has 1 saturated heterocycles. The van der Waals surface area contributed by atoms with E-state index < -0.39 is 27.9 Å². The highest BCUT2D eigenvalue weighted by Gasteiger charge is 2.40. The van der Waals surface area contributed by atoms with Crippen LogP contribution in [0.1, 0.15) is 16.8 Å². The van der Waals surface area contributed by atoms with Crippen LogP contribution in [0.15, 0.2) is 29.2 Å². The van der Waals surface area contributed by atoms with Crippen LogP contribution in [0.2, 0.25) is 0 Å². The molecule has 1 heterocycles. The van der Waals surface area contributed by atoms with Crippen molar-refractivity contribution >= 4 is 21.9 Å². The molecule has 0 bridgehead atoms. The van der Waals surface area contributed by atoms with Crippen molar-refractivity contribution in [1.29, 1.82) is 0 Å². The van der Waals surface area contributed by atoms with E-state index in [4.69, 9.17) is 9.47 Å². The summed E-state index contributed by atoms with van der Waals surface area (Å²) in [6, 6.07) is 4.38. The van der Waals surface area contributed by atoms with Crippen molar-refractivity contribution in [1.82, 2.24) is 9.62 Å². The molecule has 9 nitrogen and oxygen atoms in total. The molecule has 1 aliphatic rings. The molecule has 1 aromatic carbocycles. The summed E-state index contributed by atoms with van der Waals surface area (Å²) in [7, 11) is -0.770. The topological polar surface area (TPSA) is 122 Å². The summed E-state index contributed by atoms with van der Waals surface area (Å²) in [4.78, 5) is 25.2. The van der Waals surface area contributed by atoms with E-state index in [0.717, 1.165) is 0 Å². The minimum absolute atomic E-state index is 0.0103. The summed E-state index contributed by atoms with van der Waals surface area (Å²) in [6.45, 7) is 0.541. The molecule has 1 amide bonds. The van der Waals surface area contributed by atoms with E-state index in [1.165, 1.54) is 43.4 Å². The second-order valence-corrected chi connectivity index (χ2v) is 7.59. The number of likely N-dealkylation sites (tertiary alicyclic amines) is 1. The first kappa shape index (κ1) is 20.3. The van der Waals surface area contributed by atoms with Gasteiger partial charge in [0.25, 0.3) is 5.91 Å². The van der Waals surface area contributed by atoms with Gasteiger partial charge in [-0.1, -0.05) is 0 Å². The second-order valence-electron chi connectivity index (χ2n) is 5.82. The van der Waals surface area contributed by atoms with E-state index in [0.29, 0.717) is 0 Å². The van der Waals surface area contributed by atoms with Crippen LogP contribution < -0.4 is 4.72 Å². The first-order chi connectivity index (χ1) is 12.3. The van der Waals surface area contributed by atoms with Gasteiger partial charge < -0.3 is 19.5 Å². The fourth-order valence-electron chi connectivity index (χ4n) is 2.73. The number of sulfonamides is 1. The SMILES string of the molecule is COCCNS(=O)(=O)c1ccc(C(=O)N2CC(OC)CC2C(=O)O)cc1. The molecular formula is C16H22N2O7S. The van der Waals surface area contributed by atoms with Gasteiger partial charge in [-0.3, -0.25) is 4.79 Å². The monoisotopic (exact) mass is 386 g/mol. The molecule has 0 saturated carbocycles. The molecule has 2 N–H and O–H groups in total. The van der Waals surface area contributed by atoms with Gasteiger partial charge in [-0.25, -0.2) is 17.9 Å². The Kier molecular flexibility index (Phi) is 6.70. The first-order valence-corrected chi connectivity index (χ1v) is 9.43. The van der Waals surface area contributed by atoms with Gasteiger partial charge >= 0.3 is 5.97 Å². The average molecular weight is 386 g/mol. The average Bonchev–Trinajstić information content (AvgIpc) is 3.06. The van der Waals surface area contributed by atoms with Crippen LogP contribution in [-0.4, -0.2) is 76.4 Å². The summed E-state index contributed by atoms with van der Waals surface area (Å²) in [5, 5.41) is 9.30. The number of carbonyl (C=O) groups excluding carboxylic acids is 1. The Bertz CT molecular complexity index is 748. The van der Waals surface area contributed by atoms with Gasteiger partial charge in [0, 0.05) is 39.3 Å². The Labute approximate surface area is 151 Å². The summed E-state index contributed by atoms with van der Waals surface area (Å²) in [5.74, 6) is -1.58. The Hall–Kier alpha value is -2.01. The molecule has 1 fully saturated rings. The number of nitrogens with one attached hydrogen (secondary N) is 1. The molecule has 26 heavy (non-hydrogen) atoms. The number of hydrogen-bond acceptors (Lipinski definition) is 6. The van der Waals surface area contributed by atoms with Gasteiger partial charge in [0.1, 0.15) is 6.04 Å². The van der Waals surface area contributed by atoms with Crippen LogP contribution in [-0.2, 0) is 24.3 Å². The molecule has 10 heteroatoms. The van der Waals surface area contributed by atoms with Crippen molar-refractivity contribution in [3.05, 3.63) is 29.8 Å². The van der Waals surface area contributed by atoms with Crippen LogP contribution >= 0.6 is 0 Å². The number of carboxylic acid groups (broad SMARTS) is 1. The molecule has 0 aliphatic carbocycles. The van der Waals surface area contributed by atoms with E-state index >= 15 is 0 Å². The maximum atomic E-state index is 12.6. The van der Waals surface area contributed by atoms with E-state index in [-0.39, 0.29) is 42.7 Å². The lowest BCUT2D eigenvalue weighted by Crippen LogP contribution is -2.40. The summed E-state index contributed by atoms with van der Waals surface area (Å²) in [6.07, 6.45) is -0.127. The van der Waals surface area contributed by atoms with Crippen LogP contribution in [0.3, 0.4) is 0 Å². The lowest BCUT2D eigenvalue weighted by atomic mass is 10.1. The Morgan fingerprint density at radius 2 is 1.92 bits per heavy atom. The third-order valence-corrected chi connectivity index (χ3v) is 5.63. The lowest BCUT2D eigenvalue weighted by Gasteiger charge is -2.21. The predicted octanol–water partition coefficient (Wildman–Crippen LogP) is -0.0746. The van der Waals surface area contributed by atoms with Crippen LogP contribution in [0.25, 0.3) is 0 Å². The maximum absolute atomic E-state index is 12.6. The van der Waals surface area contributed by atoms with E-state index in [1.807, 2.05) is 0 Å². The molecule has 2 rings (SSSR count). The van der Waals surface area contributed by atoms with E-state index in [1.54, 1.807) is 0 Å². The third kappa shape index (κ3) is 4.58. The number of hydrogen-bond donors (Lipinski definition) is 2. The number of ether oxygens (including phenoxy) is 2. The number of methoxy groups -OCH3 is 2.